The molecule has 0 saturated heterocycles. The largest absolute Gasteiger partial charge is 0.347 e. The van der Waals surface area contributed by atoms with E-state index >= 15 is 0 Å². The minimum Gasteiger partial charge on any atom is -0.347 e. The molecule has 0 spiro atoms. The lowest BCUT2D eigenvalue weighted by molar-refractivity contribution is 0.0992. The molecule has 0 aliphatic rings. The van der Waals surface area contributed by atoms with Crippen LogP contribution in [-0.2, 0) is 7.05 Å². The van der Waals surface area contributed by atoms with E-state index in [-0.39, 0.29) is 5.78 Å². The number of aromatic nitrogens is 1. The zero-order chi connectivity index (χ0) is 14.9. The Labute approximate surface area is 121 Å². The molecule has 1 aromatic heterocycles. The normalized spacial score (nSPS) is 11.5. The van der Waals surface area contributed by atoms with Gasteiger partial charge in [0.1, 0.15) is 0 Å². The smallest absolute Gasteiger partial charge is 0.179 e. The van der Waals surface area contributed by atoms with Crippen LogP contribution in [0.3, 0.4) is 0 Å². The van der Waals surface area contributed by atoms with Crippen molar-refractivity contribution in [2.45, 2.75) is 33.6 Å². The molecule has 0 fully saturated rings. The Morgan fingerprint density at radius 1 is 1.35 bits per heavy atom. The fraction of sp³-hybridized carbons (Fsp3) is 0.471. The molecule has 2 aromatic rings. The number of ketones is 1. The highest BCUT2D eigenvalue weighted by molar-refractivity contribution is 6.10. The monoisotopic (exact) mass is 272 g/mol. The molecule has 0 radical (unpaired) electrons. The van der Waals surface area contributed by atoms with Crippen LogP contribution in [0.15, 0.2) is 18.2 Å². The number of benzene rings is 1. The third-order valence-corrected chi connectivity index (χ3v) is 4.00. The first kappa shape index (κ1) is 14.8. The van der Waals surface area contributed by atoms with Crippen molar-refractivity contribution in [2.75, 3.05) is 13.1 Å². The second kappa shape index (κ2) is 5.80. The number of carbonyl (C=O) groups is 1. The molecule has 0 saturated carbocycles. The van der Waals surface area contributed by atoms with E-state index in [0.29, 0.717) is 12.5 Å². The molecule has 0 atom stereocenters. The van der Waals surface area contributed by atoms with Gasteiger partial charge in [-0.2, -0.15) is 0 Å². The Kier molecular flexibility index (Phi) is 4.29. The van der Waals surface area contributed by atoms with Crippen molar-refractivity contribution in [2.24, 2.45) is 7.05 Å². The van der Waals surface area contributed by atoms with E-state index in [1.165, 1.54) is 5.56 Å². The van der Waals surface area contributed by atoms with Crippen LogP contribution in [0, 0.1) is 6.92 Å². The summed E-state index contributed by atoms with van der Waals surface area (Å²) in [6, 6.07) is 6.46. The Morgan fingerprint density at radius 3 is 2.65 bits per heavy atom. The summed E-state index contributed by atoms with van der Waals surface area (Å²) in [5.41, 5.74) is 4.32. The number of aryl methyl sites for hydroxylation is 1. The summed E-state index contributed by atoms with van der Waals surface area (Å²) in [5.74, 6) is 0.646. The van der Waals surface area contributed by atoms with E-state index in [0.717, 1.165) is 28.7 Å². The number of rotatable bonds is 5. The summed E-state index contributed by atoms with van der Waals surface area (Å²) < 4.78 is 2.11. The number of likely N-dealkylation sites (N-methyl/N-ethyl adjacent to an activating group) is 1. The Bertz CT molecular complexity index is 638. The van der Waals surface area contributed by atoms with E-state index in [1.54, 1.807) is 0 Å². The fourth-order valence-corrected chi connectivity index (χ4v) is 2.63. The van der Waals surface area contributed by atoms with E-state index in [2.05, 4.69) is 41.9 Å². The van der Waals surface area contributed by atoms with Gasteiger partial charge in [0.15, 0.2) is 5.78 Å². The van der Waals surface area contributed by atoms with Crippen LogP contribution >= 0.6 is 0 Å². The van der Waals surface area contributed by atoms with Crippen LogP contribution in [0.1, 0.15) is 48.3 Å². The summed E-state index contributed by atoms with van der Waals surface area (Å²) in [4.78, 5) is 12.5. The topological polar surface area (TPSA) is 34.0 Å². The zero-order valence-electron chi connectivity index (χ0n) is 13.1. The molecule has 0 aliphatic carbocycles. The van der Waals surface area contributed by atoms with Crippen molar-refractivity contribution >= 4 is 16.7 Å². The lowest BCUT2D eigenvalue weighted by Gasteiger charge is -2.06. The van der Waals surface area contributed by atoms with Crippen LogP contribution in [0.25, 0.3) is 10.9 Å². The van der Waals surface area contributed by atoms with Gasteiger partial charge in [-0.05, 0) is 37.1 Å². The Hall–Kier alpha value is -1.61. The van der Waals surface area contributed by atoms with Gasteiger partial charge in [0.25, 0.3) is 0 Å². The molecule has 1 aromatic carbocycles. The van der Waals surface area contributed by atoms with Crippen molar-refractivity contribution in [3.05, 3.63) is 35.0 Å². The van der Waals surface area contributed by atoms with Crippen LogP contribution in [-0.4, -0.2) is 23.4 Å². The first-order valence-corrected chi connectivity index (χ1v) is 7.30. The van der Waals surface area contributed by atoms with Crippen LogP contribution < -0.4 is 5.32 Å². The summed E-state index contributed by atoms with van der Waals surface area (Å²) in [6.45, 7) is 9.61. The second-order valence-electron chi connectivity index (χ2n) is 5.65. The number of nitrogens with zero attached hydrogens (tertiary/aromatic N) is 1. The predicted molar refractivity (Wildman–Crippen MR) is 84.6 cm³/mol. The summed E-state index contributed by atoms with van der Waals surface area (Å²) in [6.07, 6.45) is 0. The molecule has 1 N–H and O–H groups in total. The minimum absolute atomic E-state index is 0.177. The third-order valence-electron chi connectivity index (χ3n) is 4.00. The molecule has 1 heterocycles. The van der Waals surface area contributed by atoms with Gasteiger partial charge in [0.05, 0.1) is 6.54 Å². The predicted octanol–water partition coefficient (Wildman–Crippen LogP) is 3.40. The molecular formula is C17H24N2O. The molecule has 3 nitrogen and oxygen atoms in total. The van der Waals surface area contributed by atoms with E-state index < -0.39 is 0 Å². The average molecular weight is 272 g/mol. The number of hydrogen-bond acceptors (Lipinski definition) is 2. The first-order chi connectivity index (χ1) is 9.47. The van der Waals surface area contributed by atoms with Gasteiger partial charge in [-0.3, -0.25) is 4.79 Å². The fourth-order valence-electron chi connectivity index (χ4n) is 2.63. The van der Waals surface area contributed by atoms with Gasteiger partial charge in [0.2, 0.25) is 0 Å². The molecule has 0 bridgehead atoms. The first-order valence-electron chi connectivity index (χ1n) is 7.30. The van der Waals surface area contributed by atoms with Crippen molar-refractivity contribution in [1.29, 1.82) is 0 Å². The van der Waals surface area contributed by atoms with Gasteiger partial charge in [0, 0.05) is 29.2 Å². The number of fused-ring (bicyclic) bond motifs is 1. The maximum atomic E-state index is 12.5. The maximum absolute atomic E-state index is 12.5. The Balaban J connectivity index is 2.59. The lowest BCUT2D eigenvalue weighted by atomic mass is 9.99. The molecule has 0 amide bonds. The highest BCUT2D eigenvalue weighted by atomic mass is 16.1. The Morgan fingerprint density at radius 2 is 2.05 bits per heavy atom. The quantitative estimate of drug-likeness (QED) is 0.846. The highest BCUT2D eigenvalue weighted by Gasteiger charge is 2.18. The molecule has 0 unspecified atom stereocenters. The van der Waals surface area contributed by atoms with Crippen molar-refractivity contribution in [1.82, 2.24) is 9.88 Å². The number of nitrogens with one attached hydrogen (secondary N) is 1. The van der Waals surface area contributed by atoms with Gasteiger partial charge in [-0.1, -0.05) is 26.8 Å². The van der Waals surface area contributed by atoms with Crippen molar-refractivity contribution < 1.29 is 4.79 Å². The van der Waals surface area contributed by atoms with Crippen LogP contribution in [0.5, 0.6) is 0 Å². The van der Waals surface area contributed by atoms with E-state index in [9.17, 15) is 4.79 Å². The summed E-state index contributed by atoms with van der Waals surface area (Å²) in [7, 11) is 2.02. The second-order valence-corrected chi connectivity index (χ2v) is 5.65. The third kappa shape index (κ3) is 2.50. The van der Waals surface area contributed by atoms with Gasteiger partial charge in [-0.25, -0.2) is 0 Å². The lowest BCUT2D eigenvalue weighted by Crippen LogP contribution is -2.23. The zero-order valence-corrected chi connectivity index (χ0v) is 13.1. The van der Waals surface area contributed by atoms with Crippen LogP contribution in [0.2, 0.25) is 0 Å². The SMILES string of the molecule is CCNCC(=O)c1c(C)n(C)c2ccc(C(C)C)cc12. The van der Waals surface area contributed by atoms with Gasteiger partial charge >= 0.3 is 0 Å². The van der Waals surface area contributed by atoms with E-state index in [4.69, 9.17) is 0 Å². The van der Waals surface area contributed by atoms with Crippen molar-refractivity contribution in [3.63, 3.8) is 0 Å². The minimum atomic E-state index is 0.177. The molecule has 0 aliphatic heterocycles. The average Bonchev–Trinajstić information content (AvgIpc) is 2.68. The molecule has 3 heteroatoms. The van der Waals surface area contributed by atoms with Crippen molar-refractivity contribution in [3.8, 4) is 0 Å². The summed E-state index contributed by atoms with van der Waals surface area (Å²) >= 11 is 0. The molecule has 108 valence electrons. The summed E-state index contributed by atoms with van der Waals surface area (Å²) in [5, 5.41) is 4.21. The van der Waals surface area contributed by atoms with Gasteiger partial charge < -0.3 is 9.88 Å². The molecular weight excluding hydrogens is 248 g/mol. The van der Waals surface area contributed by atoms with E-state index in [1.807, 2.05) is 20.9 Å². The number of Topliss-reactive ketones (excluding diaryl/α,β-unsaturated/α-hetero) is 1. The molecule has 20 heavy (non-hydrogen) atoms. The van der Waals surface area contributed by atoms with Gasteiger partial charge in [-0.15, -0.1) is 0 Å². The maximum Gasteiger partial charge on any atom is 0.179 e. The molecule has 2 rings (SSSR count). The number of hydrogen-bond donors (Lipinski definition) is 1. The highest BCUT2D eigenvalue weighted by Crippen LogP contribution is 2.28. The number of carbonyl (C=O) groups excluding carboxylic acids is 1. The van der Waals surface area contributed by atoms with Crippen LogP contribution in [0.4, 0.5) is 0 Å². The standard InChI is InChI=1S/C17H24N2O/c1-6-18-10-16(20)17-12(4)19(5)15-8-7-13(11(2)3)9-14(15)17/h7-9,11,18H,6,10H2,1-5H3.